The molecule has 0 aliphatic heterocycles. The first-order valence-electron chi connectivity index (χ1n) is 8.64. The molecule has 1 aromatic carbocycles. The van der Waals surface area contributed by atoms with Crippen molar-refractivity contribution < 1.29 is 94.0 Å². The number of carboxylic acids is 1. The number of carbonyl (C=O) groups is 1. The van der Waals surface area contributed by atoms with Crippen LogP contribution < -0.4 is 9.47 Å². The van der Waals surface area contributed by atoms with E-state index < -0.39 is 76.6 Å². The van der Waals surface area contributed by atoms with Crippen LogP contribution in [0.4, 0.5) is 74.6 Å². The summed E-state index contributed by atoms with van der Waals surface area (Å²) in [7, 11) is 0.798. The van der Waals surface area contributed by atoms with Crippen molar-refractivity contribution >= 4 is 5.97 Å². The first kappa shape index (κ1) is 32.9. The normalized spacial score (nSPS) is 15.2. The van der Waals surface area contributed by atoms with Crippen molar-refractivity contribution in [1.29, 1.82) is 0 Å². The molecule has 0 aliphatic rings. The van der Waals surface area contributed by atoms with Crippen LogP contribution >= 0.6 is 0 Å². The highest BCUT2D eigenvalue weighted by molar-refractivity contribution is 5.88. The average Bonchev–Trinajstić information content (AvgIpc) is 2.76. The van der Waals surface area contributed by atoms with Gasteiger partial charge in [0.15, 0.2) is 0 Å². The van der Waals surface area contributed by atoms with Crippen molar-refractivity contribution in [2.24, 2.45) is 0 Å². The summed E-state index contributed by atoms with van der Waals surface area (Å²) < 4.78 is 232. The summed E-state index contributed by atoms with van der Waals surface area (Å²) in [5.74, 6) is -58.7. The van der Waals surface area contributed by atoms with Crippen molar-refractivity contribution in [3.8, 4) is 11.5 Å². The molecule has 21 heteroatoms. The molecular formula is C17H7F17O4. The van der Waals surface area contributed by atoms with Gasteiger partial charge in [0.2, 0.25) is 5.83 Å². The Morgan fingerprint density at radius 2 is 1.05 bits per heavy atom. The van der Waals surface area contributed by atoms with Crippen LogP contribution in [0.3, 0.4) is 0 Å². The molecule has 0 heterocycles. The van der Waals surface area contributed by atoms with Crippen molar-refractivity contribution in [2.75, 3.05) is 7.11 Å². The minimum atomic E-state index is -8.70. The highest BCUT2D eigenvalue weighted by Crippen LogP contribution is 2.63. The van der Waals surface area contributed by atoms with Gasteiger partial charge in [0.05, 0.1) is 12.7 Å². The van der Waals surface area contributed by atoms with Crippen LogP contribution in [0.1, 0.15) is 10.4 Å². The number of hydrogen-bond donors (Lipinski definition) is 1. The summed E-state index contributed by atoms with van der Waals surface area (Å²) in [6, 6.07) is -2.62. The lowest BCUT2D eigenvalue weighted by molar-refractivity contribution is -0.451. The minimum absolute atomic E-state index is 0.149. The maximum atomic E-state index is 13.8. The van der Waals surface area contributed by atoms with E-state index in [1.54, 1.807) is 0 Å². The third kappa shape index (κ3) is 4.85. The van der Waals surface area contributed by atoms with Gasteiger partial charge in [-0.3, -0.25) is 0 Å². The Hall–Kier alpha value is -3.16. The van der Waals surface area contributed by atoms with E-state index in [1.807, 2.05) is 0 Å². The largest absolute Gasteiger partial charge is 0.497 e. The maximum absolute atomic E-state index is 13.8. The molecule has 0 fully saturated rings. The summed E-state index contributed by atoms with van der Waals surface area (Å²) >= 11 is 0. The summed E-state index contributed by atoms with van der Waals surface area (Å²) in [5.41, 5.74) is -0.955. The number of allylic oxidation sites excluding steroid dienone is 1. The van der Waals surface area contributed by atoms with E-state index in [2.05, 4.69) is 9.47 Å². The molecule has 0 bridgehead atoms. The zero-order chi connectivity index (χ0) is 30.5. The van der Waals surface area contributed by atoms with Crippen LogP contribution in [-0.4, -0.2) is 59.9 Å². The molecule has 0 saturated heterocycles. The molecule has 0 radical (unpaired) electrons. The molecule has 0 atom stereocenters. The number of carboxylic acid groups (broad SMARTS) is 1. The molecule has 1 aromatic rings. The smallest absolute Gasteiger partial charge is 0.460 e. The maximum Gasteiger partial charge on any atom is 0.460 e. The van der Waals surface area contributed by atoms with Gasteiger partial charge in [-0.15, -0.1) is 0 Å². The Morgan fingerprint density at radius 3 is 1.45 bits per heavy atom. The van der Waals surface area contributed by atoms with E-state index in [9.17, 15) is 79.4 Å². The lowest BCUT2D eigenvalue weighted by Crippen LogP contribution is -2.72. The third-order valence-electron chi connectivity index (χ3n) is 4.35. The second-order valence-electron chi connectivity index (χ2n) is 6.84. The summed E-state index contributed by atoms with van der Waals surface area (Å²) in [5, 5.41) is 8.80. The van der Waals surface area contributed by atoms with Crippen LogP contribution in [0.5, 0.6) is 11.5 Å². The van der Waals surface area contributed by atoms with Gasteiger partial charge in [-0.2, -0.15) is 74.6 Å². The first-order valence-corrected chi connectivity index (χ1v) is 8.64. The topological polar surface area (TPSA) is 55.8 Å². The molecule has 4 nitrogen and oxygen atoms in total. The van der Waals surface area contributed by atoms with Crippen molar-refractivity contribution in [1.82, 2.24) is 0 Å². The number of benzene rings is 1. The Kier molecular flexibility index (Phi) is 8.25. The minimum Gasteiger partial charge on any atom is -0.497 e. The lowest BCUT2D eigenvalue weighted by Gasteiger charge is -2.41. The molecule has 0 amide bonds. The van der Waals surface area contributed by atoms with Crippen LogP contribution in [0.25, 0.3) is 0 Å². The molecule has 1 rings (SSSR count). The van der Waals surface area contributed by atoms with Gasteiger partial charge in [0, 0.05) is 6.07 Å². The number of aromatic carboxylic acids is 1. The number of rotatable bonds is 10. The zero-order valence-electron chi connectivity index (χ0n) is 17.3. The van der Waals surface area contributed by atoms with Gasteiger partial charge in [-0.25, -0.2) is 4.79 Å². The molecular weight excluding hydrogens is 591 g/mol. The molecule has 0 aliphatic carbocycles. The molecule has 0 aromatic heterocycles. The number of alkyl halides is 15. The van der Waals surface area contributed by atoms with E-state index in [0.717, 1.165) is 7.11 Å². The van der Waals surface area contributed by atoms with Crippen molar-refractivity contribution in [3.63, 3.8) is 0 Å². The quantitative estimate of drug-likeness (QED) is 0.228. The van der Waals surface area contributed by atoms with Crippen molar-refractivity contribution in [3.05, 3.63) is 35.6 Å². The van der Waals surface area contributed by atoms with E-state index in [1.165, 1.54) is 0 Å². The number of hydrogen-bond acceptors (Lipinski definition) is 3. The molecule has 1 N–H and O–H groups in total. The van der Waals surface area contributed by atoms with Gasteiger partial charge in [-0.05, 0) is 12.1 Å². The van der Waals surface area contributed by atoms with Crippen LogP contribution in [-0.2, 0) is 0 Å². The number of methoxy groups -OCH3 is 1. The van der Waals surface area contributed by atoms with E-state index in [-0.39, 0.29) is 6.07 Å². The van der Waals surface area contributed by atoms with Crippen LogP contribution in [0, 0.1) is 0 Å². The fraction of sp³-hybridized carbons (Fsp3) is 0.471. The van der Waals surface area contributed by atoms with E-state index >= 15 is 0 Å². The SMILES string of the molecule is COc1cc(OC(F)=C(F)C(F)(F)C(F)(F)C(F)(F)C(F)(F)C(F)(F)C(F)(F)C(F)(F)F)cc(C(=O)O)c1. The van der Waals surface area contributed by atoms with Gasteiger partial charge in [0.25, 0.3) is 0 Å². The van der Waals surface area contributed by atoms with E-state index in [0.29, 0.717) is 12.1 Å². The van der Waals surface area contributed by atoms with Crippen LogP contribution in [0.15, 0.2) is 30.0 Å². The third-order valence-corrected chi connectivity index (χ3v) is 4.35. The molecule has 38 heavy (non-hydrogen) atoms. The summed E-state index contributed by atoms with van der Waals surface area (Å²) in [6.45, 7) is 0. The molecule has 0 spiro atoms. The standard InChI is InChI=1S/C17H7F17O4/c1-37-6-2-5(10(35)36)3-7(4-6)38-9(19)8(18)11(20,21)12(22,23)13(24,25)14(26,27)15(28,29)16(30,31)17(32,33)34/h2-4H,1H3,(H,35,36). The molecule has 0 unspecified atom stereocenters. The average molecular weight is 598 g/mol. The van der Waals surface area contributed by atoms with Gasteiger partial charge < -0.3 is 14.6 Å². The predicted octanol–water partition coefficient (Wildman–Crippen LogP) is 7.25. The highest BCUT2D eigenvalue weighted by Gasteiger charge is 2.93. The van der Waals surface area contributed by atoms with Gasteiger partial charge in [0.1, 0.15) is 11.5 Å². The van der Waals surface area contributed by atoms with Gasteiger partial charge in [-0.1, -0.05) is 0 Å². The molecule has 218 valence electrons. The Morgan fingerprint density at radius 1 is 0.658 bits per heavy atom. The fourth-order valence-corrected chi connectivity index (χ4v) is 2.25. The molecule has 0 saturated carbocycles. The second kappa shape index (κ2) is 9.54. The first-order chi connectivity index (χ1) is 16.6. The van der Waals surface area contributed by atoms with Gasteiger partial charge >= 0.3 is 53.7 Å². The zero-order valence-corrected chi connectivity index (χ0v) is 17.3. The Balaban J connectivity index is 3.65. The van der Waals surface area contributed by atoms with E-state index in [4.69, 9.17) is 5.11 Å². The lowest BCUT2D eigenvalue weighted by atomic mass is 9.91. The summed E-state index contributed by atoms with van der Waals surface area (Å²) in [6.07, 6.45) is -7.83. The Labute approximate surface area is 197 Å². The highest BCUT2D eigenvalue weighted by atomic mass is 19.4. The fourth-order valence-electron chi connectivity index (χ4n) is 2.25. The second-order valence-corrected chi connectivity index (χ2v) is 6.84. The van der Waals surface area contributed by atoms with Crippen LogP contribution in [0.2, 0.25) is 0 Å². The predicted molar refractivity (Wildman–Crippen MR) is 85.6 cm³/mol. The monoisotopic (exact) mass is 598 g/mol. The Bertz CT molecular complexity index is 1090. The number of ether oxygens (including phenoxy) is 2. The number of halogens is 17. The summed E-state index contributed by atoms with van der Waals surface area (Å²) in [4.78, 5) is 10.9. The van der Waals surface area contributed by atoms with Crippen molar-refractivity contribution in [2.45, 2.75) is 41.7 Å².